The topological polar surface area (TPSA) is 42.9 Å². The zero-order valence-corrected chi connectivity index (χ0v) is 20.2. The van der Waals surface area contributed by atoms with Crippen molar-refractivity contribution >= 4 is 35.6 Å². The summed E-state index contributed by atoms with van der Waals surface area (Å²) in [6, 6.07) is 8.80. The Balaban J connectivity index is 0.00000300. The van der Waals surface area contributed by atoms with Crippen LogP contribution in [0, 0.1) is 0 Å². The van der Waals surface area contributed by atoms with E-state index in [4.69, 9.17) is 4.99 Å². The molecule has 0 unspecified atom stereocenters. The van der Waals surface area contributed by atoms with Crippen LogP contribution in [-0.2, 0) is 6.54 Å². The molecule has 1 fully saturated rings. The van der Waals surface area contributed by atoms with E-state index < -0.39 is 0 Å². The Kier molecular flexibility index (Phi) is 11.5. The third-order valence-corrected chi connectivity index (χ3v) is 5.53. The molecule has 1 aromatic carbocycles. The minimum absolute atomic E-state index is 0. The van der Waals surface area contributed by atoms with E-state index in [0.717, 1.165) is 32.1 Å². The van der Waals surface area contributed by atoms with Gasteiger partial charge in [-0.3, -0.25) is 0 Å². The van der Waals surface area contributed by atoms with Crippen LogP contribution in [0.15, 0.2) is 41.4 Å². The molecule has 2 aliphatic rings. The fourth-order valence-corrected chi connectivity index (χ4v) is 3.88. The number of benzene rings is 1. The highest BCUT2D eigenvalue weighted by Gasteiger charge is 2.09. The molecule has 0 amide bonds. The highest BCUT2D eigenvalue weighted by molar-refractivity contribution is 14.0. The Labute approximate surface area is 194 Å². The number of nitrogens with zero attached hydrogens (tertiary/aromatic N) is 3. The number of rotatable bonds is 8. The summed E-state index contributed by atoms with van der Waals surface area (Å²) < 4.78 is 0. The van der Waals surface area contributed by atoms with E-state index in [2.05, 4.69) is 63.8 Å². The first kappa shape index (κ1) is 24.0. The van der Waals surface area contributed by atoms with Crippen molar-refractivity contribution in [3.05, 3.63) is 42.0 Å². The number of nitrogens with one attached hydrogen (secondary N) is 2. The van der Waals surface area contributed by atoms with E-state index >= 15 is 0 Å². The molecule has 0 radical (unpaired) electrons. The summed E-state index contributed by atoms with van der Waals surface area (Å²) in [5, 5.41) is 6.86. The molecule has 0 bridgehead atoms. The molecule has 3 rings (SSSR count). The van der Waals surface area contributed by atoms with Crippen molar-refractivity contribution in [3.63, 3.8) is 0 Å². The average molecular weight is 511 g/mol. The number of guanidine groups is 1. The van der Waals surface area contributed by atoms with Crippen LogP contribution >= 0.6 is 24.0 Å². The molecule has 2 N–H and O–H groups in total. The van der Waals surface area contributed by atoms with Crippen molar-refractivity contribution in [2.24, 2.45) is 4.99 Å². The normalized spacial score (nSPS) is 17.7. The Hall–Kier alpha value is -1.28. The number of likely N-dealkylation sites (tertiary alicyclic amines) is 1. The highest BCUT2D eigenvalue weighted by atomic mass is 127. The average Bonchev–Trinajstić information content (AvgIpc) is 3.14. The van der Waals surface area contributed by atoms with Gasteiger partial charge in [-0.05, 0) is 63.5 Å². The Morgan fingerprint density at radius 3 is 2.31 bits per heavy atom. The van der Waals surface area contributed by atoms with E-state index in [1.165, 1.54) is 63.0 Å². The Bertz CT molecular complexity index is 613. The van der Waals surface area contributed by atoms with Gasteiger partial charge in [0.1, 0.15) is 0 Å². The summed E-state index contributed by atoms with van der Waals surface area (Å²) in [5.41, 5.74) is 2.54. The number of hydrogen-bond donors (Lipinski definition) is 2. The maximum atomic E-state index is 4.77. The summed E-state index contributed by atoms with van der Waals surface area (Å²) in [7, 11) is 0. The van der Waals surface area contributed by atoms with E-state index in [9.17, 15) is 0 Å². The lowest BCUT2D eigenvalue weighted by atomic mass is 10.2. The van der Waals surface area contributed by atoms with Crippen molar-refractivity contribution in [3.8, 4) is 0 Å². The van der Waals surface area contributed by atoms with Gasteiger partial charge in [0, 0.05) is 31.9 Å². The minimum atomic E-state index is 0. The Morgan fingerprint density at radius 1 is 0.966 bits per heavy atom. The van der Waals surface area contributed by atoms with Crippen LogP contribution in [0.5, 0.6) is 0 Å². The van der Waals surface area contributed by atoms with Gasteiger partial charge in [-0.15, -0.1) is 24.0 Å². The number of hydrogen-bond acceptors (Lipinski definition) is 3. The molecular formula is C23H38IN5. The summed E-state index contributed by atoms with van der Waals surface area (Å²) in [6.07, 6.45) is 11.2. The molecule has 5 nitrogen and oxygen atoms in total. The van der Waals surface area contributed by atoms with Crippen LogP contribution in [0.4, 0.5) is 5.69 Å². The van der Waals surface area contributed by atoms with Crippen molar-refractivity contribution < 1.29 is 0 Å². The van der Waals surface area contributed by atoms with Crippen molar-refractivity contribution in [1.29, 1.82) is 0 Å². The third-order valence-electron chi connectivity index (χ3n) is 5.53. The first-order valence-corrected chi connectivity index (χ1v) is 11.1. The van der Waals surface area contributed by atoms with Crippen LogP contribution in [0.1, 0.15) is 44.6 Å². The minimum Gasteiger partial charge on any atom is -0.364 e. The van der Waals surface area contributed by atoms with Crippen LogP contribution < -0.4 is 15.5 Å². The molecule has 162 valence electrons. The van der Waals surface area contributed by atoms with Gasteiger partial charge in [-0.25, -0.2) is 4.99 Å². The fourth-order valence-electron chi connectivity index (χ4n) is 3.88. The molecule has 0 aliphatic carbocycles. The first-order valence-electron chi connectivity index (χ1n) is 11.1. The zero-order valence-electron chi connectivity index (χ0n) is 17.9. The second-order valence-corrected chi connectivity index (χ2v) is 7.77. The third kappa shape index (κ3) is 8.54. The monoisotopic (exact) mass is 511 g/mol. The summed E-state index contributed by atoms with van der Waals surface area (Å²) in [5.74, 6) is 0.922. The lowest BCUT2D eigenvalue weighted by molar-refractivity contribution is 0.282. The predicted molar refractivity (Wildman–Crippen MR) is 136 cm³/mol. The molecule has 2 heterocycles. The fraction of sp³-hybridized carbons (Fsp3) is 0.609. The molecule has 29 heavy (non-hydrogen) atoms. The van der Waals surface area contributed by atoms with Crippen molar-refractivity contribution in [2.75, 3.05) is 50.7 Å². The van der Waals surface area contributed by atoms with Gasteiger partial charge >= 0.3 is 0 Å². The standard InChI is InChI=1S/C23H37N5.HI/c1-2-24-23(25-14-9-17-27-15-5-3-4-6-16-27)26-20-21-10-12-22(13-11-21)28-18-7-8-19-28;/h7-8,10-13H,2-6,9,14-20H2,1H3,(H2,24,25,26);1H. The molecule has 0 atom stereocenters. The molecule has 0 spiro atoms. The van der Waals surface area contributed by atoms with E-state index in [1.807, 2.05) is 0 Å². The molecule has 0 aromatic heterocycles. The second-order valence-electron chi connectivity index (χ2n) is 7.77. The summed E-state index contributed by atoms with van der Waals surface area (Å²) in [6.45, 7) is 10.5. The van der Waals surface area contributed by atoms with E-state index in [-0.39, 0.29) is 24.0 Å². The van der Waals surface area contributed by atoms with Gasteiger partial charge in [0.25, 0.3) is 0 Å². The quantitative estimate of drug-likeness (QED) is 0.182. The molecule has 1 aromatic rings. The van der Waals surface area contributed by atoms with Gasteiger partial charge in [-0.2, -0.15) is 0 Å². The molecule has 2 aliphatic heterocycles. The lowest BCUT2D eigenvalue weighted by Crippen LogP contribution is -2.39. The predicted octanol–water partition coefficient (Wildman–Crippen LogP) is 4.00. The SMILES string of the molecule is CCNC(=NCc1ccc(N2CC=CC2)cc1)NCCCN1CCCCCC1.I. The van der Waals surface area contributed by atoms with Crippen molar-refractivity contribution in [1.82, 2.24) is 15.5 Å². The smallest absolute Gasteiger partial charge is 0.191 e. The van der Waals surface area contributed by atoms with Crippen LogP contribution in [0.25, 0.3) is 0 Å². The Morgan fingerprint density at radius 2 is 1.66 bits per heavy atom. The van der Waals surface area contributed by atoms with Crippen LogP contribution in [0.3, 0.4) is 0 Å². The lowest BCUT2D eigenvalue weighted by Gasteiger charge is -2.20. The van der Waals surface area contributed by atoms with E-state index in [0.29, 0.717) is 6.54 Å². The van der Waals surface area contributed by atoms with Gasteiger partial charge in [0.15, 0.2) is 5.96 Å². The van der Waals surface area contributed by atoms with Gasteiger partial charge in [0.05, 0.1) is 6.54 Å². The first-order chi connectivity index (χ1) is 13.8. The van der Waals surface area contributed by atoms with Crippen LogP contribution in [-0.4, -0.2) is 56.7 Å². The molecular weight excluding hydrogens is 473 g/mol. The maximum Gasteiger partial charge on any atom is 0.191 e. The number of halogens is 1. The molecule has 6 heteroatoms. The zero-order chi connectivity index (χ0) is 19.4. The molecule has 1 saturated heterocycles. The highest BCUT2D eigenvalue weighted by Crippen LogP contribution is 2.18. The van der Waals surface area contributed by atoms with Crippen LogP contribution in [0.2, 0.25) is 0 Å². The second kappa shape index (κ2) is 13.9. The van der Waals surface area contributed by atoms with Gasteiger partial charge in [0.2, 0.25) is 0 Å². The molecule has 0 saturated carbocycles. The van der Waals surface area contributed by atoms with Gasteiger partial charge in [-0.1, -0.05) is 37.1 Å². The number of anilines is 1. The largest absolute Gasteiger partial charge is 0.364 e. The van der Waals surface area contributed by atoms with E-state index in [1.54, 1.807) is 0 Å². The maximum absolute atomic E-state index is 4.77. The van der Waals surface area contributed by atoms with Crippen molar-refractivity contribution in [2.45, 2.75) is 45.6 Å². The number of aliphatic imine (C=N–C) groups is 1. The summed E-state index contributed by atoms with van der Waals surface area (Å²) >= 11 is 0. The summed E-state index contributed by atoms with van der Waals surface area (Å²) in [4.78, 5) is 9.75. The van der Waals surface area contributed by atoms with Gasteiger partial charge < -0.3 is 20.4 Å².